The van der Waals surface area contributed by atoms with Gasteiger partial charge in [-0.3, -0.25) is 4.90 Å². The predicted octanol–water partition coefficient (Wildman–Crippen LogP) is 4.15. The normalized spacial score (nSPS) is 17.7. The zero-order valence-corrected chi connectivity index (χ0v) is 19.4. The van der Waals surface area contributed by atoms with Crippen molar-refractivity contribution in [2.75, 3.05) is 27.2 Å². The molecule has 4 rings (SSSR count). The summed E-state index contributed by atoms with van der Waals surface area (Å²) in [4.78, 5) is 14.6. The molecule has 0 amide bonds. The van der Waals surface area contributed by atoms with Gasteiger partial charge in [0.2, 0.25) is 6.79 Å². The minimum atomic E-state index is -0.490. The van der Waals surface area contributed by atoms with E-state index in [1.165, 1.54) is 7.11 Å². The molecule has 32 heavy (non-hydrogen) atoms. The molecule has 0 N–H and O–H groups in total. The number of aryl methyl sites for hydroxylation is 1. The van der Waals surface area contributed by atoms with E-state index in [-0.39, 0.29) is 18.4 Å². The van der Waals surface area contributed by atoms with Crippen LogP contribution in [0, 0.1) is 6.92 Å². The van der Waals surface area contributed by atoms with Gasteiger partial charge in [0.25, 0.3) is 0 Å². The molecule has 0 radical (unpaired) electrons. The summed E-state index contributed by atoms with van der Waals surface area (Å²) in [5.74, 6) is 2.00. The van der Waals surface area contributed by atoms with Gasteiger partial charge < -0.3 is 23.7 Å². The number of methoxy groups -OCH3 is 1. The van der Waals surface area contributed by atoms with Crippen LogP contribution in [-0.2, 0) is 27.3 Å². The van der Waals surface area contributed by atoms with Gasteiger partial charge in [-0.2, -0.15) is 0 Å². The second-order valence-corrected chi connectivity index (χ2v) is 9.16. The Morgan fingerprint density at radius 1 is 1.16 bits per heavy atom. The summed E-state index contributed by atoms with van der Waals surface area (Å²) in [6.45, 7) is 9.79. The molecule has 0 spiro atoms. The first-order chi connectivity index (χ1) is 15.2. The standard InChI is InChI=1S/C25H31NO6/c1-16-10-21-22(31-15-30-21)12-18(16)13-29-19-6-7-20-17(11-19)8-9-26(14-32-25(2,3)4)23(20)24(27)28-5/h6-7,10-12,23H,8-9,13-15H2,1-5H3. The van der Waals surface area contributed by atoms with Crippen LogP contribution in [0.4, 0.5) is 0 Å². The summed E-state index contributed by atoms with van der Waals surface area (Å²) in [6.07, 6.45) is 0.802. The second-order valence-electron chi connectivity index (χ2n) is 9.16. The fourth-order valence-electron chi connectivity index (χ4n) is 3.95. The van der Waals surface area contributed by atoms with Gasteiger partial charge >= 0.3 is 5.97 Å². The first kappa shape index (κ1) is 22.4. The molecule has 172 valence electrons. The highest BCUT2D eigenvalue weighted by atomic mass is 16.7. The number of benzene rings is 2. The molecule has 0 saturated carbocycles. The van der Waals surface area contributed by atoms with E-state index >= 15 is 0 Å². The maximum Gasteiger partial charge on any atom is 0.327 e. The van der Waals surface area contributed by atoms with Crippen molar-refractivity contribution in [3.63, 3.8) is 0 Å². The molecule has 1 unspecified atom stereocenters. The number of nitrogens with zero attached hydrogens (tertiary/aromatic N) is 1. The largest absolute Gasteiger partial charge is 0.489 e. The van der Waals surface area contributed by atoms with E-state index in [0.717, 1.165) is 45.9 Å². The average molecular weight is 442 g/mol. The van der Waals surface area contributed by atoms with Crippen LogP contribution in [0.2, 0.25) is 0 Å². The van der Waals surface area contributed by atoms with Crippen molar-refractivity contribution in [1.82, 2.24) is 4.90 Å². The molecule has 0 aromatic heterocycles. The molecule has 2 aromatic carbocycles. The van der Waals surface area contributed by atoms with E-state index in [1.54, 1.807) is 0 Å². The Morgan fingerprint density at radius 2 is 1.91 bits per heavy atom. The van der Waals surface area contributed by atoms with Gasteiger partial charge in [-0.25, -0.2) is 4.79 Å². The lowest BCUT2D eigenvalue weighted by molar-refractivity contribution is -0.153. The number of hydrogen-bond acceptors (Lipinski definition) is 7. The fourth-order valence-corrected chi connectivity index (χ4v) is 3.95. The highest BCUT2D eigenvalue weighted by Crippen LogP contribution is 2.36. The molecule has 2 aromatic rings. The fraction of sp³-hybridized carbons (Fsp3) is 0.480. The van der Waals surface area contributed by atoms with Crippen LogP contribution < -0.4 is 14.2 Å². The first-order valence-corrected chi connectivity index (χ1v) is 10.9. The highest BCUT2D eigenvalue weighted by molar-refractivity contribution is 5.78. The summed E-state index contributed by atoms with van der Waals surface area (Å²) >= 11 is 0. The van der Waals surface area contributed by atoms with Gasteiger partial charge in [0, 0.05) is 6.54 Å². The third-order valence-corrected chi connectivity index (χ3v) is 5.76. The SMILES string of the molecule is COC(=O)C1c2ccc(OCc3cc4c(cc3C)OCO4)cc2CCN1COC(C)(C)C. The van der Waals surface area contributed by atoms with Crippen molar-refractivity contribution in [2.24, 2.45) is 0 Å². The summed E-state index contributed by atoms with van der Waals surface area (Å²) in [5, 5.41) is 0. The third-order valence-electron chi connectivity index (χ3n) is 5.76. The Kier molecular flexibility index (Phi) is 6.31. The summed E-state index contributed by atoms with van der Waals surface area (Å²) < 4.78 is 28.0. The molecule has 0 fully saturated rings. The maximum absolute atomic E-state index is 12.6. The Bertz CT molecular complexity index is 997. The Balaban J connectivity index is 1.50. The van der Waals surface area contributed by atoms with Crippen LogP contribution >= 0.6 is 0 Å². The van der Waals surface area contributed by atoms with Gasteiger partial charge in [0.15, 0.2) is 11.5 Å². The number of ether oxygens (including phenoxy) is 5. The summed E-state index contributed by atoms with van der Waals surface area (Å²) in [7, 11) is 1.42. The number of rotatable bonds is 6. The van der Waals surface area contributed by atoms with Crippen molar-refractivity contribution in [3.05, 3.63) is 52.6 Å². The monoisotopic (exact) mass is 441 g/mol. The lowest BCUT2D eigenvalue weighted by Crippen LogP contribution is -2.43. The average Bonchev–Trinajstić information content (AvgIpc) is 3.21. The van der Waals surface area contributed by atoms with Crippen LogP contribution in [0.25, 0.3) is 0 Å². The number of carbonyl (C=O) groups excluding carboxylic acids is 1. The number of fused-ring (bicyclic) bond motifs is 2. The molecule has 7 heteroatoms. The van der Waals surface area contributed by atoms with Gasteiger partial charge in [0.1, 0.15) is 25.1 Å². The Morgan fingerprint density at radius 3 is 2.62 bits per heavy atom. The number of esters is 1. The van der Waals surface area contributed by atoms with Gasteiger partial charge in [-0.05, 0) is 80.6 Å². The first-order valence-electron chi connectivity index (χ1n) is 10.9. The third kappa shape index (κ3) is 4.84. The highest BCUT2D eigenvalue weighted by Gasteiger charge is 2.34. The van der Waals surface area contributed by atoms with Crippen LogP contribution in [0.15, 0.2) is 30.3 Å². The molecule has 2 heterocycles. The molecular weight excluding hydrogens is 410 g/mol. The van der Waals surface area contributed by atoms with Gasteiger partial charge in [-0.15, -0.1) is 0 Å². The van der Waals surface area contributed by atoms with Crippen molar-refractivity contribution in [1.29, 1.82) is 0 Å². The van der Waals surface area contributed by atoms with E-state index in [2.05, 4.69) is 0 Å². The zero-order valence-electron chi connectivity index (χ0n) is 19.4. The van der Waals surface area contributed by atoms with Crippen molar-refractivity contribution in [3.8, 4) is 17.2 Å². The number of hydrogen-bond donors (Lipinski definition) is 0. The minimum Gasteiger partial charge on any atom is -0.489 e. The molecule has 0 saturated heterocycles. The van der Waals surface area contributed by atoms with Crippen molar-refractivity contribution in [2.45, 2.75) is 52.4 Å². The van der Waals surface area contributed by atoms with E-state index in [0.29, 0.717) is 19.9 Å². The van der Waals surface area contributed by atoms with Crippen molar-refractivity contribution >= 4 is 5.97 Å². The quantitative estimate of drug-likeness (QED) is 0.624. The summed E-state index contributed by atoms with van der Waals surface area (Å²) in [5.41, 5.74) is 3.88. The lowest BCUT2D eigenvalue weighted by Gasteiger charge is -2.37. The molecule has 1 atom stereocenters. The van der Waals surface area contributed by atoms with E-state index in [9.17, 15) is 4.79 Å². The van der Waals surface area contributed by atoms with Crippen LogP contribution in [0.3, 0.4) is 0 Å². The topological polar surface area (TPSA) is 66.5 Å². The molecule has 0 aliphatic carbocycles. The molecule has 0 bridgehead atoms. The van der Waals surface area contributed by atoms with Crippen LogP contribution in [-0.4, -0.2) is 43.6 Å². The zero-order chi connectivity index (χ0) is 22.9. The van der Waals surface area contributed by atoms with Gasteiger partial charge in [-0.1, -0.05) is 6.07 Å². The van der Waals surface area contributed by atoms with E-state index < -0.39 is 6.04 Å². The molecule has 2 aliphatic heterocycles. The van der Waals surface area contributed by atoms with E-state index in [4.69, 9.17) is 23.7 Å². The van der Waals surface area contributed by atoms with E-state index in [1.807, 2.05) is 62.9 Å². The van der Waals surface area contributed by atoms with Crippen molar-refractivity contribution < 1.29 is 28.5 Å². The van der Waals surface area contributed by atoms with Crippen LogP contribution in [0.5, 0.6) is 17.2 Å². The van der Waals surface area contributed by atoms with Crippen LogP contribution in [0.1, 0.15) is 49.1 Å². The minimum absolute atomic E-state index is 0.253. The number of carbonyl (C=O) groups is 1. The second kappa shape index (κ2) is 9.00. The Labute approximate surface area is 189 Å². The molecule has 7 nitrogen and oxygen atoms in total. The smallest absolute Gasteiger partial charge is 0.327 e. The molecule has 2 aliphatic rings. The molecular formula is C25H31NO6. The Hall–Kier alpha value is -2.77. The maximum atomic E-state index is 12.6. The summed E-state index contributed by atoms with van der Waals surface area (Å²) in [6, 6.07) is 9.35. The predicted molar refractivity (Wildman–Crippen MR) is 119 cm³/mol. The lowest BCUT2D eigenvalue weighted by atomic mass is 9.92. The van der Waals surface area contributed by atoms with Gasteiger partial charge in [0.05, 0.1) is 12.7 Å².